The van der Waals surface area contributed by atoms with E-state index in [1.807, 2.05) is 0 Å². The van der Waals surface area contributed by atoms with Crippen LogP contribution in [0.25, 0.3) is 0 Å². The fraction of sp³-hybridized carbons (Fsp3) is 0.250. The number of rotatable bonds is 5. The lowest BCUT2D eigenvalue weighted by molar-refractivity contribution is 0.195. The molecule has 5 heteroatoms. The van der Waals surface area contributed by atoms with E-state index in [2.05, 4.69) is 0 Å². The average Bonchev–Trinajstić information content (AvgIpc) is 2.46. The molecular weight excluding hydrogens is 296 g/mol. The lowest BCUT2D eigenvalue weighted by atomic mass is 9.76. The smallest absolute Gasteiger partial charge is 0.126 e. The summed E-state index contributed by atoms with van der Waals surface area (Å²) in [6, 6.07) is 10.3. The van der Waals surface area contributed by atoms with Gasteiger partial charge in [-0.05, 0) is 41.8 Å². The van der Waals surface area contributed by atoms with E-state index in [4.69, 9.17) is 17.3 Å². The van der Waals surface area contributed by atoms with Crippen LogP contribution in [0.3, 0.4) is 0 Å². The van der Waals surface area contributed by atoms with Crippen molar-refractivity contribution < 1.29 is 13.9 Å². The van der Waals surface area contributed by atoms with Crippen molar-refractivity contribution in [2.75, 3.05) is 13.2 Å². The van der Waals surface area contributed by atoms with Gasteiger partial charge in [0.25, 0.3) is 0 Å². The molecule has 112 valence electrons. The normalized spacial score (nSPS) is 14.0. The Morgan fingerprint density at radius 3 is 2.10 bits per heavy atom. The Hall–Kier alpha value is -1.49. The second kappa shape index (κ2) is 6.52. The molecule has 0 saturated carbocycles. The molecule has 0 aliphatic carbocycles. The largest absolute Gasteiger partial charge is 0.395 e. The van der Waals surface area contributed by atoms with Gasteiger partial charge in [0.2, 0.25) is 0 Å². The Kier molecular flexibility index (Phi) is 4.93. The predicted molar refractivity (Wildman–Crippen MR) is 79.3 cm³/mol. The van der Waals surface area contributed by atoms with Crippen LogP contribution in [0.5, 0.6) is 0 Å². The molecule has 21 heavy (non-hydrogen) atoms. The number of halogens is 3. The molecule has 3 N–H and O–H groups in total. The SMILES string of the molecule is NCC(CO)(Cc1ccc(Cl)cc1)c1cc(F)cc(F)c1. The zero-order valence-corrected chi connectivity index (χ0v) is 12.1. The molecule has 2 aromatic rings. The molecule has 0 amide bonds. The van der Waals surface area contributed by atoms with Gasteiger partial charge in [0.1, 0.15) is 11.6 Å². The summed E-state index contributed by atoms with van der Waals surface area (Å²) in [6.45, 7) is -0.246. The minimum absolute atomic E-state index is 0.0645. The van der Waals surface area contributed by atoms with Gasteiger partial charge in [0, 0.05) is 23.0 Å². The van der Waals surface area contributed by atoms with Crippen LogP contribution >= 0.6 is 11.6 Å². The maximum Gasteiger partial charge on any atom is 0.126 e. The van der Waals surface area contributed by atoms with E-state index in [9.17, 15) is 13.9 Å². The Balaban J connectivity index is 2.41. The molecule has 2 nitrogen and oxygen atoms in total. The van der Waals surface area contributed by atoms with Crippen molar-refractivity contribution in [2.24, 2.45) is 5.73 Å². The number of aliphatic hydroxyl groups is 1. The molecule has 0 fully saturated rings. The highest BCUT2D eigenvalue weighted by atomic mass is 35.5. The standard InChI is InChI=1S/C16H16ClF2NO/c17-13-3-1-11(2-4-13)8-16(9-20,10-21)12-5-14(18)7-15(19)6-12/h1-7,21H,8-10,20H2. The molecule has 0 spiro atoms. The van der Waals surface area contributed by atoms with Gasteiger partial charge in [-0.3, -0.25) is 0 Å². The lowest BCUT2D eigenvalue weighted by Gasteiger charge is -2.31. The third-order valence-corrected chi connectivity index (χ3v) is 3.88. The third kappa shape index (κ3) is 3.59. The summed E-state index contributed by atoms with van der Waals surface area (Å²) in [6.07, 6.45) is 0.361. The molecule has 0 aliphatic rings. The second-order valence-electron chi connectivity index (χ2n) is 5.10. The number of hydrogen-bond donors (Lipinski definition) is 2. The van der Waals surface area contributed by atoms with Crippen LogP contribution in [-0.2, 0) is 11.8 Å². The first-order valence-electron chi connectivity index (χ1n) is 6.51. The highest BCUT2D eigenvalue weighted by molar-refractivity contribution is 6.30. The minimum atomic E-state index is -0.934. The summed E-state index contributed by atoms with van der Waals surface area (Å²) in [5.74, 6) is -1.38. The van der Waals surface area contributed by atoms with E-state index < -0.39 is 17.0 Å². The first-order valence-corrected chi connectivity index (χ1v) is 6.89. The average molecular weight is 312 g/mol. The molecule has 2 aromatic carbocycles. The van der Waals surface area contributed by atoms with Gasteiger partial charge in [-0.2, -0.15) is 0 Å². The van der Waals surface area contributed by atoms with Crippen LogP contribution in [0.1, 0.15) is 11.1 Å². The van der Waals surface area contributed by atoms with Gasteiger partial charge < -0.3 is 10.8 Å². The molecule has 0 aliphatic heterocycles. The van der Waals surface area contributed by atoms with Crippen LogP contribution in [-0.4, -0.2) is 18.3 Å². The Bertz CT molecular complexity index is 592. The van der Waals surface area contributed by atoms with E-state index in [0.29, 0.717) is 17.0 Å². The van der Waals surface area contributed by atoms with Crippen molar-refractivity contribution in [1.82, 2.24) is 0 Å². The summed E-state index contributed by atoms with van der Waals surface area (Å²) >= 11 is 5.84. The molecule has 1 unspecified atom stereocenters. The Morgan fingerprint density at radius 1 is 1.05 bits per heavy atom. The zero-order chi connectivity index (χ0) is 15.5. The van der Waals surface area contributed by atoms with E-state index in [1.54, 1.807) is 24.3 Å². The Morgan fingerprint density at radius 2 is 1.62 bits per heavy atom. The van der Waals surface area contributed by atoms with Crippen LogP contribution in [0.4, 0.5) is 8.78 Å². The summed E-state index contributed by atoms with van der Waals surface area (Å²) in [7, 11) is 0. The van der Waals surface area contributed by atoms with Gasteiger partial charge in [-0.25, -0.2) is 8.78 Å². The Labute approximate surface area is 127 Å². The van der Waals surface area contributed by atoms with Gasteiger partial charge in [-0.15, -0.1) is 0 Å². The monoisotopic (exact) mass is 311 g/mol. The summed E-state index contributed by atoms with van der Waals surface area (Å²) in [5.41, 5.74) is 6.09. The fourth-order valence-corrected chi connectivity index (χ4v) is 2.48. The predicted octanol–water partition coefficient (Wildman–Crippen LogP) is 3.05. The van der Waals surface area contributed by atoms with Crippen LogP contribution < -0.4 is 5.73 Å². The van der Waals surface area contributed by atoms with Crippen molar-refractivity contribution in [3.8, 4) is 0 Å². The zero-order valence-electron chi connectivity index (χ0n) is 11.3. The highest BCUT2D eigenvalue weighted by Crippen LogP contribution is 2.29. The molecule has 0 bridgehead atoms. The van der Waals surface area contributed by atoms with E-state index in [1.165, 1.54) is 12.1 Å². The van der Waals surface area contributed by atoms with Crippen molar-refractivity contribution in [2.45, 2.75) is 11.8 Å². The third-order valence-electron chi connectivity index (χ3n) is 3.62. The molecular formula is C16H16ClF2NO. The number of hydrogen-bond acceptors (Lipinski definition) is 2. The van der Waals surface area contributed by atoms with Crippen LogP contribution in [0.15, 0.2) is 42.5 Å². The van der Waals surface area contributed by atoms with Crippen molar-refractivity contribution >= 4 is 11.6 Å². The minimum Gasteiger partial charge on any atom is -0.395 e. The molecule has 0 aromatic heterocycles. The quantitative estimate of drug-likeness (QED) is 0.891. The lowest BCUT2D eigenvalue weighted by Crippen LogP contribution is -2.41. The molecule has 0 heterocycles. The highest BCUT2D eigenvalue weighted by Gasteiger charge is 2.31. The van der Waals surface area contributed by atoms with Crippen LogP contribution in [0.2, 0.25) is 5.02 Å². The van der Waals surface area contributed by atoms with Gasteiger partial charge in [0.15, 0.2) is 0 Å². The molecule has 1 atom stereocenters. The number of benzene rings is 2. The molecule has 0 saturated heterocycles. The number of aliphatic hydroxyl groups excluding tert-OH is 1. The molecule has 2 rings (SSSR count). The summed E-state index contributed by atoms with van der Waals surface area (Å²) in [4.78, 5) is 0. The van der Waals surface area contributed by atoms with Gasteiger partial charge in [0.05, 0.1) is 6.61 Å². The molecule has 0 radical (unpaired) electrons. The first-order chi connectivity index (χ1) is 9.99. The van der Waals surface area contributed by atoms with Crippen LogP contribution in [0, 0.1) is 11.6 Å². The van der Waals surface area contributed by atoms with Crippen molar-refractivity contribution in [3.05, 3.63) is 70.2 Å². The summed E-state index contributed by atoms with van der Waals surface area (Å²) in [5, 5.41) is 10.4. The maximum atomic E-state index is 13.4. The van der Waals surface area contributed by atoms with Gasteiger partial charge in [-0.1, -0.05) is 23.7 Å². The summed E-state index contributed by atoms with van der Waals surface area (Å²) < 4.78 is 26.9. The van der Waals surface area contributed by atoms with E-state index in [0.717, 1.165) is 11.6 Å². The maximum absolute atomic E-state index is 13.4. The second-order valence-corrected chi connectivity index (χ2v) is 5.54. The van der Waals surface area contributed by atoms with E-state index >= 15 is 0 Å². The van der Waals surface area contributed by atoms with Crippen molar-refractivity contribution in [1.29, 1.82) is 0 Å². The number of nitrogens with two attached hydrogens (primary N) is 1. The van der Waals surface area contributed by atoms with Crippen molar-refractivity contribution in [3.63, 3.8) is 0 Å². The fourth-order valence-electron chi connectivity index (χ4n) is 2.36. The van der Waals surface area contributed by atoms with E-state index in [-0.39, 0.29) is 13.2 Å². The topological polar surface area (TPSA) is 46.2 Å². The first kappa shape index (κ1) is 15.9. The van der Waals surface area contributed by atoms with Gasteiger partial charge >= 0.3 is 0 Å².